The van der Waals surface area contributed by atoms with E-state index in [1.807, 2.05) is 12.1 Å². The molecule has 28 heavy (non-hydrogen) atoms. The Bertz CT molecular complexity index is 757. The van der Waals surface area contributed by atoms with Gasteiger partial charge in [0.15, 0.2) is 11.5 Å². The maximum atomic E-state index is 6.13. The van der Waals surface area contributed by atoms with Crippen LogP contribution in [0.15, 0.2) is 36.4 Å². The van der Waals surface area contributed by atoms with Crippen LogP contribution >= 0.6 is 0 Å². The Morgan fingerprint density at radius 3 is 2.39 bits per heavy atom. The van der Waals surface area contributed by atoms with Crippen LogP contribution in [0.1, 0.15) is 36.6 Å². The number of rotatable bonds is 9. The highest BCUT2D eigenvalue weighted by molar-refractivity contribution is 5.52. The van der Waals surface area contributed by atoms with E-state index >= 15 is 0 Å². The van der Waals surface area contributed by atoms with E-state index in [4.69, 9.17) is 14.2 Å². The summed E-state index contributed by atoms with van der Waals surface area (Å²) in [6.07, 6.45) is 0.984. The molecule has 0 radical (unpaired) electrons. The van der Waals surface area contributed by atoms with Gasteiger partial charge in [-0.2, -0.15) is 0 Å². The van der Waals surface area contributed by atoms with Gasteiger partial charge in [-0.1, -0.05) is 26.0 Å². The number of likely N-dealkylation sites (N-methyl/N-ethyl adjacent to an activating group) is 1. The van der Waals surface area contributed by atoms with E-state index in [0.29, 0.717) is 6.61 Å². The summed E-state index contributed by atoms with van der Waals surface area (Å²) in [6, 6.07) is 12.7. The van der Waals surface area contributed by atoms with Crippen LogP contribution in [0.25, 0.3) is 0 Å². The van der Waals surface area contributed by atoms with Crippen molar-refractivity contribution in [2.45, 2.75) is 26.3 Å². The Morgan fingerprint density at radius 2 is 1.75 bits per heavy atom. The average molecular weight is 385 g/mol. The molecule has 1 aliphatic heterocycles. The summed E-state index contributed by atoms with van der Waals surface area (Å²) < 4.78 is 17.0. The molecule has 152 valence electrons. The molecule has 0 fully saturated rings. The molecular formula is C23H32N2O3. The third kappa shape index (κ3) is 4.59. The maximum Gasteiger partial charge on any atom is 0.161 e. The first-order valence-electron chi connectivity index (χ1n) is 10.1. The molecule has 2 aromatic carbocycles. The number of methoxy groups -OCH3 is 2. The molecule has 0 amide bonds. The molecule has 0 saturated heterocycles. The number of benzene rings is 2. The largest absolute Gasteiger partial charge is 0.497 e. The van der Waals surface area contributed by atoms with Crippen molar-refractivity contribution in [2.75, 3.05) is 47.0 Å². The van der Waals surface area contributed by atoms with E-state index in [-0.39, 0.29) is 6.04 Å². The Hall–Kier alpha value is -2.24. The molecule has 1 atom stereocenters. The number of fused-ring (bicyclic) bond motifs is 1. The minimum absolute atomic E-state index is 0.144. The number of ether oxygens (including phenoxy) is 3. The highest BCUT2D eigenvalue weighted by Crippen LogP contribution is 2.37. The third-order valence-corrected chi connectivity index (χ3v) is 5.49. The third-order valence-electron chi connectivity index (χ3n) is 5.49. The second kappa shape index (κ2) is 9.80. The van der Waals surface area contributed by atoms with Gasteiger partial charge in [-0.05, 0) is 60.5 Å². The average Bonchev–Trinajstić information content (AvgIpc) is 2.75. The van der Waals surface area contributed by atoms with Gasteiger partial charge in [-0.15, -0.1) is 0 Å². The predicted molar refractivity (Wildman–Crippen MR) is 113 cm³/mol. The number of nitrogens with zero attached hydrogens (tertiary/aromatic N) is 1. The van der Waals surface area contributed by atoms with Gasteiger partial charge in [0, 0.05) is 13.1 Å². The van der Waals surface area contributed by atoms with Gasteiger partial charge in [0.25, 0.3) is 0 Å². The predicted octanol–water partition coefficient (Wildman–Crippen LogP) is 3.66. The number of hydrogen-bond donors (Lipinski definition) is 1. The molecule has 1 aliphatic rings. The first-order chi connectivity index (χ1) is 13.7. The molecule has 1 N–H and O–H groups in total. The van der Waals surface area contributed by atoms with E-state index in [1.54, 1.807) is 14.2 Å². The Balaban J connectivity index is 1.84. The van der Waals surface area contributed by atoms with Crippen molar-refractivity contribution in [2.24, 2.45) is 0 Å². The molecule has 0 aliphatic carbocycles. The summed E-state index contributed by atoms with van der Waals surface area (Å²) in [5.74, 6) is 2.50. The summed E-state index contributed by atoms with van der Waals surface area (Å²) in [4.78, 5) is 2.35. The topological polar surface area (TPSA) is 43.0 Å². The van der Waals surface area contributed by atoms with Crippen molar-refractivity contribution >= 4 is 0 Å². The highest BCUT2D eigenvalue weighted by atomic mass is 16.5. The monoisotopic (exact) mass is 384 g/mol. The fourth-order valence-corrected chi connectivity index (χ4v) is 3.75. The molecule has 5 heteroatoms. The fraction of sp³-hybridized carbons (Fsp3) is 0.478. The Labute approximate surface area is 168 Å². The molecule has 0 spiro atoms. The lowest BCUT2D eigenvalue weighted by Crippen LogP contribution is -2.31. The summed E-state index contributed by atoms with van der Waals surface area (Å²) in [7, 11) is 3.40. The van der Waals surface area contributed by atoms with E-state index in [1.165, 1.54) is 16.7 Å². The summed E-state index contributed by atoms with van der Waals surface area (Å²) in [6.45, 7) is 8.91. The van der Waals surface area contributed by atoms with Crippen molar-refractivity contribution in [1.29, 1.82) is 0 Å². The van der Waals surface area contributed by atoms with E-state index in [0.717, 1.165) is 49.8 Å². The standard InChI is InChI=1S/C23H32N2O3/c1-5-25(6-2)13-14-28-22-16-20-18(15-21(22)27-4)11-12-24-23(20)17-7-9-19(26-3)10-8-17/h7-10,15-16,23-24H,5-6,11-14H2,1-4H3. The normalized spacial score (nSPS) is 16.0. The fourth-order valence-electron chi connectivity index (χ4n) is 3.75. The molecule has 0 aromatic heterocycles. The van der Waals surface area contributed by atoms with Crippen LogP contribution in [0.5, 0.6) is 17.2 Å². The molecule has 1 heterocycles. The van der Waals surface area contributed by atoms with E-state index < -0.39 is 0 Å². The van der Waals surface area contributed by atoms with E-state index in [2.05, 4.69) is 48.3 Å². The minimum Gasteiger partial charge on any atom is -0.497 e. The SMILES string of the molecule is CCN(CC)CCOc1cc2c(cc1OC)CCNC2c1ccc(OC)cc1. The van der Waals surface area contributed by atoms with Crippen LogP contribution < -0.4 is 19.5 Å². The lowest BCUT2D eigenvalue weighted by molar-refractivity contribution is 0.217. The Morgan fingerprint density at radius 1 is 1.00 bits per heavy atom. The van der Waals surface area contributed by atoms with Gasteiger partial charge in [-0.25, -0.2) is 0 Å². The quantitative estimate of drug-likeness (QED) is 0.715. The van der Waals surface area contributed by atoms with Crippen LogP contribution in [-0.4, -0.2) is 51.9 Å². The maximum absolute atomic E-state index is 6.13. The zero-order valence-electron chi connectivity index (χ0n) is 17.5. The Kier molecular flexibility index (Phi) is 7.18. The zero-order chi connectivity index (χ0) is 19.9. The van der Waals surface area contributed by atoms with Crippen LogP contribution in [-0.2, 0) is 6.42 Å². The highest BCUT2D eigenvalue weighted by Gasteiger charge is 2.24. The van der Waals surface area contributed by atoms with Crippen molar-refractivity contribution in [3.8, 4) is 17.2 Å². The molecular weight excluding hydrogens is 352 g/mol. The second-order valence-electron chi connectivity index (χ2n) is 6.99. The smallest absolute Gasteiger partial charge is 0.161 e. The lowest BCUT2D eigenvalue weighted by Gasteiger charge is -2.29. The van der Waals surface area contributed by atoms with Crippen molar-refractivity contribution in [3.63, 3.8) is 0 Å². The molecule has 5 nitrogen and oxygen atoms in total. The zero-order valence-corrected chi connectivity index (χ0v) is 17.5. The van der Waals surface area contributed by atoms with Crippen LogP contribution in [0.2, 0.25) is 0 Å². The molecule has 0 saturated carbocycles. The number of hydrogen-bond acceptors (Lipinski definition) is 5. The number of nitrogens with one attached hydrogen (secondary N) is 1. The van der Waals surface area contributed by atoms with E-state index in [9.17, 15) is 0 Å². The summed E-state index contributed by atoms with van der Waals surface area (Å²) >= 11 is 0. The molecule has 0 bridgehead atoms. The summed E-state index contributed by atoms with van der Waals surface area (Å²) in [5, 5.41) is 3.64. The molecule has 2 aromatic rings. The van der Waals surface area contributed by atoms with Gasteiger partial charge >= 0.3 is 0 Å². The van der Waals surface area contributed by atoms with Crippen molar-refractivity contribution in [1.82, 2.24) is 10.2 Å². The van der Waals surface area contributed by atoms with Crippen LogP contribution in [0.3, 0.4) is 0 Å². The van der Waals surface area contributed by atoms with Gasteiger partial charge < -0.3 is 24.4 Å². The minimum atomic E-state index is 0.144. The van der Waals surface area contributed by atoms with Crippen LogP contribution in [0.4, 0.5) is 0 Å². The van der Waals surface area contributed by atoms with Gasteiger partial charge in [-0.3, -0.25) is 0 Å². The van der Waals surface area contributed by atoms with Gasteiger partial charge in [0.05, 0.1) is 20.3 Å². The van der Waals surface area contributed by atoms with Crippen LogP contribution in [0, 0.1) is 0 Å². The second-order valence-corrected chi connectivity index (χ2v) is 6.99. The molecule has 3 rings (SSSR count). The van der Waals surface area contributed by atoms with Crippen molar-refractivity contribution < 1.29 is 14.2 Å². The summed E-state index contributed by atoms with van der Waals surface area (Å²) in [5.41, 5.74) is 3.79. The van der Waals surface area contributed by atoms with Gasteiger partial charge in [0.2, 0.25) is 0 Å². The van der Waals surface area contributed by atoms with Gasteiger partial charge in [0.1, 0.15) is 12.4 Å². The first kappa shape index (κ1) is 20.5. The van der Waals surface area contributed by atoms with Crippen molar-refractivity contribution in [3.05, 3.63) is 53.1 Å². The lowest BCUT2D eigenvalue weighted by atomic mass is 9.89. The molecule has 1 unspecified atom stereocenters. The first-order valence-corrected chi connectivity index (χ1v) is 10.1.